The van der Waals surface area contributed by atoms with Crippen LogP contribution in [0.1, 0.15) is 59.3 Å². The van der Waals surface area contributed by atoms with E-state index in [0.717, 1.165) is 13.1 Å². The summed E-state index contributed by atoms with van der Waals surface area (Å²) in [5.41, 5.74) is 2.92. The molecular weight excluding hydrogens is 206 g/mol. The Kier molecular flexibility index (Phi) is 10.2. The van der Waals surface area contributed by atoms with Gasteiger partial charge in [0.15, 0.2) is 0 Å². The molecule has 0 bridgehead atoms. The first kappa shape index (κ1) is 14.8. The zero-order valence-corrected chi connectivity index (χ0v) is 11.3. The number of unbranched alkanes of at least 4 members (excludes halogenated alkanes) is 4. The summed E-state index contributed by atoms with van der Waals surface area (Å²) in [4.78, 5) is 2.42. The van der Waals surface area contributed by atoms with Gasteiger partial charge in [0, 0.05) is 24.3 Å². The maximum Gasteiger partial charge on any atom is 0.0231 e. The number of nitrogens with zero attached hydrogens (tertiary/aromatic N) is 1. The monoisotopic (exact) mass is 231 g/mol. The molecule has 0 fully saturated rings. The first-order valence-electron chi connectivity index (χ1n) is 6.28. The lowest BCUT2D eigenvalue weighted by molar-refractivity contribution is 0.327. The molecule has 0 N–H and O–H groups in total. The van der Waals surface area contributed by atoms with E-state index < -0.39 is 0 Å². The van der Waals surface area contributed by atoms with Crippen LogP contribution in [0.25, 0.3) is 0 Å². The Morgan fingerprint density at radius 2 is 1.47 bits per heavy atom. The van der Waals surface area contributed by atoms with Crippen LogP contribution >= 0.6 is 11.6 Å². The highest BCUT2D eigenvalue weighted by atomic mass is 35.5. The first-order chi connectivity index (χ1) is 7.26. The summed E-state index contributed by atoms with van der Waals surface area (Å²) in [5.74, 6) is 0. The molecule has 0 saturated carbocycles. The van der Waals surface area contributed by atoms with Crippen molar-refractivity contribution in [1.82, 2.24) is 4.90 Å². The van der Waals surface area contributed by atoms with Crippen LogP contribution in [0.2, 0.25) is 0 Å². The lowest BCUT2D eigenvalue weighted by Crippen LogP contribution is -2.24. The summed E-state index contributed by atoms with van der Waals surface area (Å²) in [5, 5.41) is 0. The van der Waals surface area contributed by atoms with E-state index in [-0.39, 0.29) is 0 Å². The van der Waals surface area contributed by atoms with Crippen LogP contribution in [0.4, 0.5) is 0 Å². The van der Waals surface area contributed by atoms with E-state index in [9.17, 15) is 0 Å². The maximum absolute atomic E-state index is 5.77. The van der Waals surface area contributed by atoms with E-state index in [1.807, 2.05) is 0 Å². The predicted octanol–water partition coefficient (Wildman–Crippen LogP) is 4.77. The van der Waals surface area contributed by atoms with Crippen molar-refractivity contribution in [2.24, 2.45) is 0 Å². The van der Waals surface area contributed by atoms with E-state index in [4.69, 9.17) is 11.6 Å². The molecule has 0 aromatic carbocycles. The molecule has 1 nitrogen and oxygen atoms in total. The molecule has 15 heavy (non-hydrogen) atoms. The van der Waals surface area contributed by atoms with E-state index in [1.165, 1.54) is 44.2 Å². The molecular formula is C13H26ClN. The standard InChI is InChI=1S/C13H26ClN/c1-4-6-8-10-15(13(3)12-14)11-9-7-5-2/h12H,4-11H2,1-3H3/b13-12+. The van der Waals surface area contributed by atoms with Crippen molar-refractivity contribution in [3.8, 4) is 0 Å². The van der Waals surface area contributed by atoms with E-state index in [2.05, 4.69) is 25.7 Å². The van der Waals surface area contributed by atoms with E-state index in [1.54, 1.807) is 5.54 Å². The highest BCUT2D eigenvalue weighted by molar-refractivity contribution is 6.25. The van der Waals surface area contributed by atoms with Crippen molar-refractivity contribution < 1.29 is 0 Å². The SMILES string of the molecule is CCCCCN(CCCCC)/C(C)=C/Cl. The van der Waals surface area contributed by atoms with Crippen molar-refractivity contribution in [1.29, 1.82) is 0 Å². The summed E-state index contributed by atoms with van der Waals surface area (Å²) in [7, 11) is 0. The smallest absolute Gasteiger partial charge is 0.0231 e. The van der Waals surface area contributed by atoms with Gasteiger partial charge in [-0.3, -0.25) is 0 Å². The van der Waals surface area contributed by atoms with Crippen LogP contribution in [0, 0.1) is 0 Å². The fraction of sp³-hybridized carbons (Fsp3) is 0.846. The molecule has 0 aliphatic carbocycles. The quantitative estimate of drug-likeness (QED) is 0.517. The third-order valence-electron chi connectivity index (χ3n) is 2.72. The third-order valence-corrected chi connectivity index (χ3v) is 3.04. The molecule has 90 valence electrons. The largest absolute Gasteiger partial charge is 0.374 e. The second-order valence-corrected chi connectivity index (χ2v) is 4.37. The van der Waals surface area contributed by atoms with Crippen molar-refractivity contribution >= 4 is 11.6 Å². The van der Waals surface area contributed by atoms with Crippen LogP contribution in [0.5, 0.6) is 0 Å². The van der Waals surface area contributed by atoms with Crippen LogP contribution in [-0.2, 0) is 0 Å². The average Bonchev–Trinajstić information content (AvgIpc) is 2.26. The van der Waals surface area contributed by atoms with Crippen molar-refractivity contribution in [3.05, 3.63) is 11.2 Å². The minimum atomic E-state index is 1.16. The number of rotatable bonds is 9. The Labute approximate surface area is 100 Å². The van der Waals surface area contributed by atoms with Gasteiger partial charge < -0.3 is 4.90 Å². The molecule has 0 aromatic heterocycles. The van der Waals surface area contributed by atoms with Crippen LogP contribution in [0.15, 0.2) is 11.2 Å². The lowest BCUT2D eigenvalue weighted by Gasteiger charge is -2.25. The number of halogens is 1. The molecule has 0 heterocycles. The molecule has 0 aliphatic rings. The number of allylic oxidation sites excluding steroid dienone is 1. The zero-order chi connectivity index (χ0) is 11.5. The molecule has 0 saturated heterocycles. The Morgan fingerprint density at radius 3 is 1.80 bits per heavy atom. The van der Waals surface area contributed by atoms with Gasteiger partial charge in [-0.25, -0.2) is 0 Å². The minimum Gasteiger partial charge on any atom is -0.374 e. The summed E-state index contributed by atoms with van der Waals surface area (Å²) in [6.45, 7) is 8.90. The average molecular weight is 232 g/mol. The maximum atomic E-state index is 5.77. The Hall–Kier alpha value is -0.170. The summed E-state index contributed by atoms with van der Waals surface area (Å²) in [6, 6.07) is 0. The van der Waals surface area contributed by atoms with E-state index >= 15 is 0 Å². The second-order valence-electron chi connectivity index (χ2n) is 4.15. The van der Waals surface area contributed by atoms with Gasteiger partial charge in [-0.15, -0.1) is 0 Å². The molecule has 0 atom stereocenters. The normalized spacial score (nSPS) is 11.9. The molecule has 0 unspecified atom stereocenters. The molecule has 0 aromatic rings. The molecule has 0 radical (unpaired) electrons. The van der Waals surface area contributed by atoms with Gasteiger partial charge in [0.2, 0.25) is 0 Å². The van der Waals surface area contributed by atoms with Crippen molar-refractivity contribution in [2.45, 2.75) is 59.3 Å². The highest BCUT2D eigenvalue weighted by Gasteiger charge is 2.03. The zero-order valence-electron chi connectivity index (χ0n) is 10.6. The van der Waals surface area contributed by atoms with Gasteiger partial charge in [0.05, 0.1) is 0 Å². The van der Waals surface area contributed by atoms with Gasteiger partial charge >= 0.3 is 0 Å². The highest BCUT2D eigenvalue weighted by Crippen LogP contribution is 2.10. The summed E-state index contributed by atoms with van der Waals surface area (Å²) in [6.07, 6.45) is 7.77. The van der Waals surface area contributed by atoms with Gasteiger partial charge in [-0.1, -0.05) is 51.1 Å². The Morgan fingerprint density at radius 1 is 1.00 bits per heavy atom. The second kappa shape index (κ2) is 10.4. The predicted molar refractivity (Wildman–Crippen MR) is 70.2 cm³/mol. The molecule has 0 amide bonds. The summed E-state index contributed by atoms with van der Waals surface area (Å²) >= 11 is 5.77. The van der Waals surface area contributed by atoms with Crippen LogP contribution in [0.3, 0.4) is 0 Å². The van der Waals surface area contributed by atoms with Crippen molar-refractivity contribution in [2.75, 3.05) is 13.1 Å². The van der Waals surface area contributed by atoms with Gasteiger partial charge in [0.1, 0.15) is 0 Å². The summed E-state index contributed by atoms with van der Waals surface area (Å²) < 4.78 is 0. The molecule has 0 spiro atoms. The fourth-order valence-electron chi connectivity index (χ4n) is 1.64. The third kappa shape index (κ3) is 7.72. The van der Waals surface area contributed by atoms with Gasteiger partial charge in [-0.2, -0.15) is 0 Å². The van der Waals surface area contributed by atoms with Gasteiger partial charge in [0.25, 0.3) is 0 Å². The Balaban J connectivity index is 3.85. The molecule has 2 heteroatoms. The van der Waals surface area contributed by atoms with Crippen LogP contribution in [-0.4, -0.2) is 18.0 Å². The molecule has 0 aliphatic heterocycles. The van der Waals surface area contributed by atoms with E-state index in [0.29, 0.717) is 0 Å². The fourth-order valence-corrected chi connectivity index (χ4v) is 1.78. The topological polar surface area (TPSA) is 3.24 Å². The van der Waals surface area contributed by atoms with Crippen LogP contribution < -0.4 is 0 Å². The number of hydrogen-bond donors (Lipinski definition) is 0. The Bertz CT molecular complexity index is 156. The first-order valence-corrected chi connectivity index (χ1v) is 6.71. The lowest BCUT2D eigenvalue weighted by atomic mass is 10.2. The van der Waals surface area contributed by atoms with Gasteiger partial charge in [-0.05, 0) is 19.8 Å². The number of hydrogen-bond acceptors (Lipinski definition) is 1. The minimum absolute atomic E-state index is 1.16. The molecule has 0 rings (SSSR count). The van der Waals surface area contributed by atoms with Crippen molar-refractivity contribution in [3.63, 3.8) is 0 Å².